The second-order valence-corrected chi connectivity index (χ2v) is 6.23. The molecule has 0 aliphatic heterocycles. The van der Waals surface area contributed by atoms with Crippen LogP contribution in [-0.4, -0.2) is 38.7 Å². The Bertz CT molecular complexity index is 681. The van der Waals surface area contributed by atoms with Gasteiger partial charge in [-0.25, -0.2) is 0 Å². The molecule has 0 heterocycles. The van der Waals surface area contributed by atoms with E-state index in [1.54, 1.807) is 14.2 Å². The molecule has 0 aliphatic rings. The van der Waals surface area contributed by atoms with Crippen LogP contribution in [-0.2, 0) is 65.4 Å². The van der Waals surface area contributed by atoms with Crippen molar-refractivity contribution in [3.8, 4) is 11.5 Å². The molecule has 0 saturated heterocycles. The predicted molar refractivity (Wildman–Crippen MR) is 155 cm³/mol. The van der Waals surface area contributed by atoms with E-state index in [0.717, 1.165) is 25.7 Å². The summed E-state index contributed by atoms with van der Waals surface area (Å²) in [6.07, 6.45) is 0. The van der Waals surface area contributed by atoms with Gasteiger partial charge in [-0.3, -0.25) is 0 Å². The van der Waals surface area contributed by atoms with Crippen molar-refractivity contribution in [2.75, 3.05) is 28.4 Å². The van der Waals surface area contributed by atoms with Crippen LogP contribution in [0.5, 0.6) is 11.5 Å². The summed E-state index contributed by atoms with van der Waals surface area (Å²) in [5.74, 6) is 2.04. The zero-order valence-corrected chi connectivity index (χ0v) is 27.8. The number of rotatable bonds is 2. The Morgan fingerprint density at radius 2 is 0.771 bits per heavy atom. The molecule has 35 heavy (non-hydrogen) atoms. The van der Waals surface area contributed by atoms with Gasteiger partial charge in [0, 0.05) is 79.6 Å². The molecule has 2 aromatic carbocycles. The van der Waals surface area contributed by atoms with Crippen LogP contribution < -0.4 is 9.47 Å². The van der Waals surface area contributed by atoms with E-state index >= 15 is 0 Å². The zero-order valence-electron chi connectivity index (χ0n) is 22.1. The number of benzene rings is 2. The van der Waals surface area contributed by atoms with Crippen molar-refractivity contribution in [2.45, 2.75) is 78.2 Å². The molecule has 0 aliphatic carbocycles. The average molecular weight is 651 g/mol. The zero-order chi connectivity index (χ0) is 21.7. The minimum atomic E-state index is 0. The summed E-state index contributed by atoms with van der Waals surface area (Å²) in [6.45, 7) is 14.7. The molecule has 0 saturated carbocycles. The maximum Gasteiger partial charge on any atom is 0.124 e. The number of aliphatic hydroxyl groups is 2. The first-order valence-electron chi connectivity index (χ1n) is 8.85. The first-order chi connectivity index (χ1) is 12.7. The minimum Gasteiger partial charge on any atom is -0.496 e. The standard InChI is InChI=1S/C11H16O.C10H14O.2CH4O.4CH4.2CH3.2Y/c1-7-6-8(2)11(12-5)10(4)9(7)3;1-7-5-8(2)10(11-4)9(3)6-7;2*1-2;;;;;;;;/h6H,1-5H3;5-6H,1-4H3;2*2H,1H3;4*1H4;2*1H3;;/q;;;;;;;;2*-1;;. The van der Waals surface area contributed by atoms with Gasteiger partial charge in [0.05, 0.1) is 14.2 Å². The Kier molecular flexibility index (Phi) is 67.3. The van der Waals surface area contributed by atoms with Gasteiger partial charge in [-0.05, 0) is 81.8 Å². The molecule has 2 N–H and O–H groups in total. The maximum absolute atomic E-state index is 7.00. The molecule has 0 bridgehead atoms. The van der Waals surface area contributed by atoms with Crippen LogP contribution in [0.25, 0.3) is 0 Å². The van der Waals surface area contributed by atoms with E-state index in [4.69, 9.17) is 19.7 Å². The normalized spacial score (nSPS) is 6.89. The second kappa shape index (κ2) is 36.3. The van der Waals surface area contributed by atoms with Gasteiger partial charge < -0.3 is 34.5 Å². The number of aryl methyl sites for hydroxylation is 5. The Hall–Kier alpha value is 0.168. The van der Waals surface area contributed by atoms with E-state index < -0.39 is 0 Å². The van der Waals surface area contributed by atoms with Gasteiger partial charge in [0.2, 0.25) is 0 Å². The van der Waals surface area contributed by atoms with Crippen molar-refractivity contribution in [3.05, 3.63) is 72.0 Å². The fraction of sp³-hybridized carbons (Fsp3) is 0.517. The number of ether oxygens (including phenoxy) is 2. The van der Waals surface area contributed by atoms with E-state index in [1.807, 2.05) is 0 Å². The number of methoxy groups -OCH3 is 2. The van der Waals surface area contributed by atoms with Crippen molar-refractivity contribution < 1.29 is 85.1 Å². The summed E-state index contributed by atoms with van der Waals surface area (Å²) >= 11 is 0. The average Bonchev–Trinajstić information content (AvgIpc) is 2.64. The molecule has 0 amide bonds. The van der Waals surface area contributed by atoms with E-state index in [0.29, 0.717) is 0 Å². The number of hydrogen-bond acceptors (Lipinski definition) is 4. The predicted octanol–water partition coefficient (Wildman–Crippen LogP) is 8.21. The van der Waals surface area contributed by atoms with Gasteiger partial charge in [-0.2, -0.15) is 0 Å². The Labute approximate surface area is 272 Å². The molecule has 2 aromatic rings. The van der Waals surface area contributed by atoms with Crippen LogP contribution in [0.3, 0.4) is 0 Å². The second-order valence-electron chi connectivity index (χ2n) is 6.23. The monoisotopic (exact) mass is 650 g/mol. The van der Waals surface area contributed by atoms with Crippen molar-refractivity contribution in [1.82, 2.24) is 0 Å². The first-order valence-corrected chi connectivity index (χ1v) is 8.85. The number of aliphatic hydroxyl groups excluding tert-OH is 2. The SMILES string of the molecule is C.C.C.C.CO.CO.COc1c(C)cc(C)c(C)c1C.COc1c(C)cc(C)cc1C.[CH3-].[CH3-].[Y].[Y]. The fourth-order valence-corrected chi connectivity index (χ4v) is 3.06. The molecule has 0 aromatic heterocycles. The van der Waals surface area contributed by atoms with Crippen LogP contribution in [0, 0.1) is 63.3 Å². The largest absolute Gasteiger partial charge is 0.496 e. The summed E-state index contributed by atoms with van der Waals surface area (Å²) < 4.78 is 10.5. The van der Waals surface area contributed by atoms with Crippen molar-refractivity contribution >= 4 is 0 Å². The smallest absolute Gasteiger partial charge is 0.124 e. The van der Waals surface area contributed by atoms with Crippen molar-refractivity contribution in [3.63, 3.8) is 0 Å². The van der Waals surface area contributed by atoms with E-state index in [9.17, 15) is 0 Å². The third-order valence-corrected chi connectivity index (χ3v) is 4.30. The summed E-state index contributed by atoms with van der Waals surface area (Å²) in [4.78, 5) is 0. The van der Waals surface area contributed by atoms with E-state index in [1.165, 1.54) is 38.9 Å². The molecule has 4 nitrogen and oxygen atoms in total. The van der Waals surface area contributed by atoms with Crippen LogP contribution in [0.15, 0.2) is 18.2 Å². The molecular formula is C29H60O4Y2-2. The summed E-state index contributed by atoms with van der Waals surface area (Å²) in [6, 6.07) is 6.43. The van der Waals surface area contributed by atoms with Crippen LogP contribution in [0.1, 0.15) is 68.7 Å². The maximum atomic E-state index is 7.00. The molecule has 0 atom stereocenters. The van der Waals surface area contributed by atoms with Crippen LogP contribution >= 0.6 is 0 Å². The molecule has 208 valence electrons. The third kappa shape index (κ3) is 21.9. The Balaban J connectivity index is -0.0000000325. The van der Waals surface area contributed by atoms with Crippen molar-refractivity contribution in [2.24, 2.45) is 0 Å². The van der Waals surface area contributed by atoms with Crippen LogP contribution in [0.2, 0.25) is 0 Å². The minimum absolute atomic E-state index is 0. The molecule has 0 unspecified atom stereocenters. The first kappa shape index (κ1) is 64.8. The quantitative estimate of drug-likeness (QED) is 0.322. The van der Waals surface area contributed by atoms with Gasteiger partial charge in [0.25, 0.3) is 0 Å². The fourth-order valence-electron chi connectivity index (χ4n) is 3.06. The van der Waals surface area contributed by atoms with Gasteiger partial charge in [-0.1, -0.05) is 53.5 Å². The summed E-state index contributed by atoms with van der Waals surface area (Å²) in [5.41, 5.74) is 8.87. The van der Waals surface area contributed by atoms with Gasteiger partial charge in [-0.15, -0.1) is 0 Å². The van der Waals surface area contributed by atoms with Crippen molar-refractivity contribution in [1.29, 1.82) is 0 Å². The molecule has 0 fully saturated rings. The van der Waals surface area contributed by atoms with Crippen LogP contribution in [0.4, 0.5) is 0 Å². The number of hydrogen-bond donors (Lipinski definition) is 2. The van der Waals surface area contributed by atoms with Gasteiger partial charge in [0.15, 0.2) is 0 Å². The summed E-state index contributed by atoms with van der Waals surface area (Å²) in [7, 11) is 5.44. The Morgan fingerprint density at radius 1 is 0.486 bits per heavy atom. The molecule has 2 radical (unpaired) electrons. The molecule has 2 rings (SSSR count). The molecule has 0 spiro atoms. The molecular weight excluding hydrogens is 590 g/mol. The topological polar surface area (TPSA) is 58.9 Å². The summed E-state index contributed by atoms with van der Waals surface area (Å²) in [5, 5.41) is 14.0. The Morgan fingerprint density at radius 3 is 1.06 bits per heavy atom. The van der Waals surface area contributed by atoms with E-state index in [-0.39, 0.29) is 110 Å². The molecule has 6 heteroatoms. The van der Waals surface area contributed by atoms with Gasteiger partial charge >= 0.3 is 0 Å². The van der Waals surface area contributed by atoms with E-state index in [2.05, 4.69) is 66.7 Å². The van der Waals surface area contributed by atoms with Gasteiger partial charge in [0.1, 0.15) is 11.5 Å². The third-order valence-electron chi connectivity index (χ3n) is 4.30.